The van der Waals surface area contributed by atoms with Crippen LogP contribution in [0.3, 0.4) is 0 Å². The molecule has 2 aromatic heterocycles. The van der Waals surface area contributed by atoms with E-state index in [0.717, 1.165) is 5.56 Å². The molecule has 0 aliphatic carbocycles. The Morgan fingerprint density at radius 2 is 2.06 bits per heavy atom. The smallest absolute Gasteiger partial charge is 0.246 e. The molecule has 0 amide bonds. The van der Waals surface area contributed by atoms with E-state index >= 15 is 0 Å². The van der Waals surface area contributed by atoms with Crippen molar-refractivity contribution in [3.05, 3.63) is 63.6 Å². The molecular formula is C12H9ClN4O. The summed E-state index contributed by atoms with van der Waals surface area (Å²) >= 11 is 5.99. The molecular weight excluding hydrogens is 252 g/mol. The van der Waals surface area contributed by atoms with E-state index in [1.54, 1.807) is 0 Å². The summed E-state index contributed by atoms with van der Waals surface area (Å²) in [5.74, 6) is 0.602. The Hall–Kier alpha value is -2.14. The molecule has 2 heterocycles. The molecule has 0 aliphatic rings. The highest BCUT2D eigenvalue weighted by Gasteiger charge is 2.12. The van der Waals surface area contributed by atoms with Crippen LogP contribution >= 0.6 is 11.6 Å². The summed E-state index contributed by atoms with van der Waals surface area (Å²) in [7, 11) is 0. The average Bonchev–Trinajstić information content (AvgIpc) is 2.69. The second-order valence-corrected chi connectivity index (χ2v) is 4.24. The van der Waals surface area contributed by atoms with Crippen LogP contribution in [0.15, 0.2) is 41.3 Å². The van der Waals surface area contributed by atoms with E-state index in [0.29, 0.717) is 22.9 Å². The van der Waals surface area contributed by atoms with Crippen molar-refractivity contribution in [3.8, 4) is 0 Å². The topological polar surface area (TPSA) is 63.0 Å². The van der Waals surface area contributed by atoms with E-state index in [1.165, 1.54) is 10.6 Å². The molecule has 90 valence electrons. The first-order valence-electron chi connectivity index (χ1n) is 5.40. The monoisotopic (exact) mass is 260 g/mol. The highest BCUT2D eigenvalue weighted by atomic mass is 35.5. The maximum absolute atomic E-state index is 11.7. The van der Waals surface area contributed by atoms with Crippen molar-refractivity contribution in [1.29, 1.82) is 0 Å². The molecule has 6 heteroatoms. The number of fused-ring (bicyclic) bond motifs is 1. The minimum atomic E-state index is -0.335. The van der Waals surface area contributed by atoms with Crippen molar-refractivity contribution in [2.24, 2.45) is 0 Å². The Labute approximate surface area is 107 Å². The Kier molecular flexibility index (Phi) is 2.60. The van der Waals surface area contributed by atoms with Crippen molar-refractivity contribution in [2.75, 3.05) is 0 Å². The Morgan fingerprint density at radius 1 is 1.28 bits per heavy atom. The minimum absolute atomic E-state index is 0.291. The van der Waals surface area contributed by atoms with E-state index in [1.807, 2.05) is 30.3 Å². The lowest BCUT2D eigenvalue weighted by Gasteiger charge is -1.99. The SMILES string of the molecule is O=c1[nH]ncc2c(Cl)nc(Cc3ccccc3)n12. The fourth-order valence-electron chi connectivity index (χ4n) is 1.89. The second-order valence-electron chi connectivity index (χ2n) is 3.88. The minimum Gasteiger partial charge on any atom is -0.246 e. The van der Waals surface area contributed by atoms with Crippen molar-refractivity contribution in [1.82, 2.24) is 19.6 Å². The fourth-order valence-corrected chi connectivity index (χ4v) is 2.12. The van der Waals surface area contributed by atoms with Gasteiger partial charge in [-0.2, -0.15) is 5.10 Å². The standard InChI is InChI=1S/C12H9ClN4O/c13-11-9-7-14-16-12(18)17(9)10(15-11)6-8-4-2-1-3-5-8/h1-5,7H,6H2,(H,16,18). The lowest BCUT2D eigenvalue weighted by Crippen LogP contribution is -2.19. The van der Waals surface area contributed by atoms with Crippen LogP contribution in [0.4, 0.5) is 0 Å². The van der Waals surface area contributed by atoms with Gasteiger partial charge in [0.15, 0.2) is 5.15 Å². The lowest BCUT2D eigenvalue weighted by molar-refractivity contribution is 0.840. The highest BCUT2D eigenvalue weighted by Crippen LogP contribution is 2.17. The number of benzene rings is 1. The van der Waals surface area contributed by atoms with Gasteiger partial charge in [0.25, 0.3) is 0 Å². The summed E-state index contributed by atoms with van der Waals surface area (Å²) in [4.78, 5) is 16.0. The molecule has 5 nitrogen and oxygen atoms in total. The molecule has 1 aromatic carbocycles. The van der Waals surface area contributed by atoms with Gasteiger partial charge >= 0.3 is 5.69 Å². The third-order valence-corrected chi connectivity index (χ3v) is 2.97. The van der Waals surface area contributed by atoms with Crippen LogP contribution in [0, 0.1) is 0 Å². The van der Waals surface area contributed by atoms with Crippen LogP contribution < -0.4 is 5.69 Å². The van der Waals surface area contributed by atoms with E-state index in [2.05, 4.69) is 15.2 Å². The fraction of sp³-hybridized carbons (Fsp3) is 0.0833. The van der Waals surface area contributed by atoms with Gasteiger partial charge < -0.3 is 0 Å². The van der Waals surface area contributed by atoms with E-state index in [-0.39, 0.29) is 5.69 Å². The molecule has 0 aliphatic heterocycles. The molecule has 3 aromatic rings. The third-order valence-electron chi connectivity index (χ3n) is 2.69. The largest absolute Gasteiger partial charge is 0.348 e. The van der Waals surface area contributed by atoms with Gasteiger partial charge in [-0.15, -0.1) is 0 Å². The Balaban J connectivity index is 2.16. The molecule has 3 rings (SSSR count). The number of nitrogens with zero attached hydrogens (tertiary/aromatic N) is 3. The zero-order valence-corrected chi connectivity index (χ0v) is 10.1. The van der Waals surface area contributed by atoms with Gasteiger partial charge in [0, 0.05) is 6.42 Å². The maximum atomic E-state index is 11.7. The zero-order valence-electron chi connectivity index (χ0n) is 9.30. The molecule has 0 radical (unpaired) electrons. The van der Waals surface area contributed by atoms with Crippen molar-refractivity contribution >= 4 is 17.1 Å². The van der Waals surface area contributed by atoms with Gasteiger partial charge in [0.2, 0.25) is 0 Å². The molecule has 1 N–H and O–H groups in total. The van der Waals surface area contributed by atoms with Gasteiger partial charge in [-0.1, -0.05) is 41.9 Å². The summed E-state index contributed by atoms with van der Waals surface area (Å²) in [6, 6.07) is 9.78. The molecule has 0 atom stereocenters. The predicted octanol–water partition coefficient (Wildman–Crippen LogP) is 1.66. The van der Waals surface area contributed by atoms with E-state index in [4.69, 9.17) is 11.6 Å². The number of aromatic amines is 1. The van der Waals surface area contributed by atoms with Gasteiger partial charge in [-0.3, -0.25) is 0 Å². The van der Waals surface area contributed by atoms with E-state index in [9.17, 15) is 4.79 Å². The molecule has 0 unspecified atom stereocenters. The number of nitrogens with one attached hydrogen (secondary N) is 1. The lowest BCUT2D eigenvalue weighted by atomic mass is 10.1. The first-order valence-corrected chi connectivity index (χ1v) is 5.78. The van der Waals surface area contributed by atoms with Crippen LogP contribution in [-0.4, -0.2) is 19.6 Å². The van der Waals surface area contributed by atoms with Crippen molar-refractivity contribution < 1.29 is 0 Å². The van der Waals surface area contributed by atoms with Gasteiger partial charge in [0.05, 0.1) is 6.20 Å². The summed E-state index contributed by atoms with van der Waals surface area (Å²) in [6.07, 6.45) is 2.03. The summed E-state index contributed by atoms with van der Waals surface area (Å²) in [5, 5.41) is 6.37. The number of imidazole rings is 1. The Bertz CT molecular complexity index is 748. The number of H-pyrrole nitrogens is 1. The summed E-state index contributed by atoms with van der Waals surface area (Å²) < 4.78 is 1.45. The maximum Gasteiger partial charge on any atom is 0.348 e. The molecule has 18 heavy (non-hydrogen) atoms. The molecule has 0 bridgehead atoms. The van der Waals surface area contributed by atoms with Gasteiger partial charge in [-0.25, -0.2) is 19.3 Å². The van der Waals surface area contributed by atoms with Crippen LogP contribution in [0.1, 0.15) is 11.4 Å². The van der Waals surface area contributed by atoms with Crippen LogP contribution in [-0.2, 0) is 6.42 Å². The molecule has 0 saturated heterocycles. The first-order chi connectivity index (χ1) is 8.75. The number of hydrogen-bond donors (Lipinski definition) is 1. The number of aromatic nitrogens is 4. The quantitative estimate of drug-likeness (QED) is 0.762. The molecule has 0 saturated carbocycles. The highest BCUT2D eigenvalue weighted by molar-refractivity contribution is 6.32. The van der Waals surface area contributed by atoms with Gasteiger partial charge in [0.1, 0.15) is 11.3 Å². The zero-order chi connectivity index (χ0) is 12.5. The predicted molar refractivity (Wildman–Crippen MR) is 67.9 cm³/mol. The second kappa shape index (κ2) is 4.27. The number of rotatable bonds is 2. The number of hydrogen-bond acceptors (Lipinski definition) is 3. The van der Waals surface area contributed by atoms with E-state index < -0.39 is 0 Å². The van der Waals surface area contributed by atoms with Crippen LogP contribution in [0.5, 0.6) is 0 Å². The summed E-state index contributed by atoms with van der Waals surface area (Å²) in [5.41, 5.74) is 1.25. The summed E-state index contributed by atoms with van der Waals surface area (Å²) in [6.45, 7) is 0. The molecule has 0 fully saturated rings. The normalized spacial score (nSPS) is 10.9. The third kappa shape index (κ3) is 1.78. The average molecular weight is 261 g/mol. The van der Waals surface area contributed by atoms with Crippen LogP contribution in [0.25, 0.3) is 5.52 Å². The van der Waals surface area contributed by atoms with Gasteiger partial charge in [-0.05, 0) is 5.56 Å². The first kappa shape index (κ1) is 11.0. The van der Waals surface area contributed by atoms with Crippen molar-refractivity contribution in [2.45, 2.75) is 6.42 Å². The van der Waals surface area contributed by atoms with Crippen LogP contribution in [0.2, 0.25) is 5.15 Å². The Morgan fingerprint density at radius 3 is 2.83 bits per heavy atom. The molecule has 0 spiro atoms. The number of halogens is 1. The van der Waals surface area contributed by atoms with Crippen molar-refractivity contribution in [3.63, 3.8) is 0 Å².